The van der Waals surface area contributed by atoms with E-state index in [4.69, 9.17) is 17.3 Å². The molecule has 0 aliphatic carbocycles. The molecule has 2 amide bonds. The van der Waals surface area contributed by atoms with Crippen LogP contribution in [0.5, 0.6) is 0 Å². The van der Waals surface area contributed by atoms with Crippen LogP contribution >= 0.6 is 11.6 Å². The third-order valence-electron chi connectivity index (χ3n) is 2.18. The molecular formula is C11H17ClN4O. The fourth-order valence-corrected chi connectivity index (χ4v) is 1.39. The molecule has 6 heteroatoms. The van der Waals surface area contributed by atoms with E-state index in [1.54, 1.807) is 20.2 Å². The smallest absolute Gasteiger partial charge is 0.316 e. The third-order valence-corrected chi connectivity index (χ3v) is 2.51. The van der Waals surface area contributed by atoms with Gasteiger partial charge in [-0.3, -0.25) is 0 Å². The number of hydrogen-bond donors (Lipinski definition) is 3. The van der Waals surface area contributed by atoms with Crippen molar-refractivity contribution in [3.63, 3.8) is 0 Å². The van der Waals surface area contributed by atoms with Gasteiger partial charge < -0.3 is 21.3 Å². The number of urea groups is 1. The van der Waals surface area contributed by atoms with Gasteiger partial charge in [0.1, 0.15) is 0 Å². The normalized spacial score (nSPS) is 9.82. The van der Waals surface area contributed by atoms with Gasteiger partial charge in [-0.15, -0.1) is 0 Å². The average Bonchev–Trinajstić information content (AvgIpc) is 2.29. The fraction of sp³-hybridized carbons (Fsp3) is 0.364. The Labute approximate surface area is 106 Å². The van der Waals surface area contributed by atoms with Crippen LogP contribution in [0.1, 0.15) is 0 Å². The monoisotopic (exact) mass is 256 g/mol. The highest BCUT2D eigenvalue weighted by Gasteiger charge is 2.03. The number of para-hydroxylation sites is 1. The first-order valence-corrected chi connectivity index (χ1v) is 5.63. The molecule has 0 aliphatic heterocycles. The lowest BCUT2D eigenvalue weighted by atomic mass is 10.2. The van der Waals surface area contributed by atoms with Gasteiger partial charge in [-0.25, -0.2) is 4.79 Å². The van der Waals surface area contributed by atoms with Gasteiger partial charge in [0.05, 0.1) is 16.4 Å². The van der Waals surface area contributed by atoms with Crippen LogP contribution in [0.2, 0.25) is 5.02 Å². The van der Waals surface area contributed by atoms with Crippen molar-refractivity contribution in [2.24, 2.45) is 0 Å². The lowest BCUT2D eigenvalue weighted by Gasteiger charge is -2.13. The zero-order valence-corrected chi connectivity index (χ0v) is 10.7. The van der Waals surface area contributed by atoms with Gasteiger partial charge in [0.15, 0.2) is 0 Å². The summed E-state index contributed by atoms with van der Waals surface area (Å²) in [5.74, 6) is 0. The first-order chi connectivity index (χ1) is 8.02. The highest BCUT2D eigenvalue weighted by atomic mass is 35.5. The van der Waals surface area contributed by atoms with Crippen LogP contribution in [0.15, 0.2) is 18.2 Å². The quantitative estimate of drug-likeness (QED) is 0.566. The number of anilines is 2. The van der Waals surface area contributed by atoms with Crippen molar-refractivity contribution in [1.29, 1.82) is 0 Å². The standard InChI is InChI=1S/C11H17ClN4O/c1-16(2)11(17)15-7-6-14-9-5-3-4-8(12)10(9)13/h3-5,14H,6-7,13H2,1-2H3,(H,15,17). The Balaban J connectivity index is 2.36. The predicted octanol–water partition coefficient (Wildman–Crippen LogP) is 1.61. The van der Waals surface area contributed by atoms with E-state index in [9.17, 15) is 4.79 Å². The van der Waals surface area contributed by atoms with Gasteiger partial charge in [-0.1, -0.05) is 17.7 Å². The van der Waals surface area contributed by atoms with E-state index in [1.165, 1.54) is 4.90 Å². The second-order valence-corrected chi connectivity index (χ2v) is 4.16. The summed E-state index contributed by atoms with van der Waals surface area (Å²) in [6, 6.07) is 5.27. The Morgan fingerprint density at radius 2 is 2.12 bits per heavy atom. The molecule has 0 saturated carbocycles. The molecule has 0 heterocycles. The minimum atomic E-state index is -0.120. The lowest BCUT2D eigenvalue weighted by Crippen LogP contribution is -2.37. The minimum Gasteiger partial charge on any atom is -0.396 e. The second kappa shape index (κ2) is 6.20. The molecule has 0 radical (unpaired) electrons. The maximum Gasteiger partial charge on any atom is 0.316 e. The molecule has 0 aliphatic rings. The van der Waals surface area contributed by atoms with Crippen LogP contribution in [0, 0.1) is 0 Å². The van der Waals surface area contributed by atoms with E-state index < -0.39 is 0 Å². The summed E-state index contributed by atoms with van der Waals surface area (Å²) >= 11 is 5.88. The lowest BCUT2D eigenvalue weighted by molar-refractivity contribution is 0.218. The molecule has 1 rings (SSSR count). The van der Waals surface area contributed by atoms with Crippen LogP contribution < -0.4 is 16.4 Å². The highest BCUT2D eigenvalue weighted by Crippen LogP contribution is 2.26. The van der Waals surface area contributed by atoms with E-state index in [0.717, 1.165) is 5.69 Å². The van der Waals surface area contributed by atoms with Gasteiger partial charge in [0.25, 0.3) is 0 Å². The number of nitrogen functional groups attached to an aromatic ring is 1. The molecule has 0 aromatic heterocycles. The van der Waals surface area contributed by atoms with Gasteiger partial charge in [-0.05, 0) is 12.1 Å². The maximum absolute atomic E-state index is 11.2. The Hall–Kier alpha value is -1.62. The molecule has 0 bridgehead atoms. The molecule has 0 fully saturated rings. The predicted molar refractivity (Wildman–Crippen MR) is 71.4 cm³/mol. The Morgan fingerprint density at radius 1 is 1.41 bits per heavy atom. The summed E-state index contributed by atoms with van der Waals surface area (Å²) in [4.78, 5) is 12.7. The van der Waals surface area contributed by atoms with E-state index in [2.05, 4.69) is 10.6 Å². The first kappa shape index (κ1) is 13.4. The molecule has 1 aromatic carbocycles. The third kappa shape index (κ3) is 4.03. The average molecular weight is 257 g/mol. The molecule has 4 N–H and O–H groups in total. The van der Waals surface area contributed by atoms with E-state index in [-0.39, 0.29) is 6.03 Å². The fourth-order valence-electron chi connectivity index (χ4n) is 1.22. The van der Waals surface area contributed by atoms with Crippen LogP contribution in [0.4, 0.5) is 16.2 Å². The van der Waals surface area contributed by atoms with Crippen molar-refractivity contribution in [2.75, 3.05) is 38.2 Å². The molecule has 1 aromatic rings. The van der Waals surface area contributed by atoms with Crippen molar-refractivity contribution in [3.8, 4) is 0 Å². The number of benzene rings is 1. The number of hydrogen-bond acceptors (Lipinski definition) is 3. The Morgan fingerprint density at radius 3 is 2.76 bits per heavy atom. The summed E-state index contributed by atoms with van der Waals surface area (Å²) in [6.07, 6.45) is 0. The minimum absolute atomic E-state index is 0.120. The first-order valence-electron chi connectivity index (χ1n) is 5.25. The van der Waals surface area contributed by atoms with Crippen LogP contribution in [-0.4, -0.2) is 38.1 Å². The van der Waals surface area contributed by atoms with Crippen molar-refractivity contribution in [1.82, 2.24) is 10.2 Å². The van der Waals surface area contributed by atoms with Crippen LogP contribution in [0.3, 0.4) is 0 Å². The molecule has 17 heavy (non-hydrogen) atoms. The summed E-state index contributed by atoms with van der Waals surface area (Å²) in [5, 5.41) is 6.36. The number of nitrogens with two attached hydrogens (primary N) is 1. The number of amides is 2. The summed E-state index contributed by atoms with van der Waals surface area (Å²) in [5.41, 5.74) is 7.08. The maximum atomic E-state index is 11.2. The number of carbonyl (C=O) groups excluding carboxylic acids is 1. The second-order valence-electron chi connectivity index (χ2n) is 3.75. The van der Waals surface area contributed by atoms with Gasteiger partial charge in [0.2, 0.25) is 0 Å². The van der Waals surface area contributed by atoms with Crippen molar-refractivity contribution < 1.29 is 4.79 Å². The number of nitrogens with zero attached hydrogens (tertiary/aromatic N) is 1. The number of nitrogens with one attached hydrogen (secondary N) is 2. The number of carbonyl (C=O) groups is 1. The molecule has 94 valence electrons. The van der Waals surface area contributed by atoms with Crippen LogP contribution in [-0.2, 0) is 0 Å². The SMILES string of the molecule is CN(C)C(=O)NCCNc1cccc(Cl)c1N. The summed E-state index contributed by atoms with van der Waals surface area (Å²) in [6.45, 7) is 1.10. The Kier molecular flexibility index (Phi) is 4.90. The van der Waals surface area contributed by atoms with E-state index in [1.807, 2.05) is 12.1 Å². The largest absolute Gasteiger partial charge is 0.396 e. The molecule has 0 unspecified atom stereocenters. The van der Waals surface area contributed by atoms with Gasteiger partial charge in [-0.2, -0.15) is 0 Å². The molecular weight excluding hydrogens is 240 g/mol. The van der Waals surface area contributed by atoms with Crippen molar-refractivity contribution >= 4 is 29.0 Å². The van der Waals surface area contributed by atoms with Crippen molar-refractivity contribution in [3.05, 3.63) is 23.2 Å². The highest BCUT2D eigenvalue weighted by molar-refractivity contribution is 6.33. The molecule has 5 nitrogen and oxygen atoms in total. The van der Waals surface area contributed by atoms with Crippen LogP contribution in [0.25, 0.3) is 0 Å². The molecule has 0 atom stereocenters. The molecule has 0 spiro atoms. The summed E-state index contributed by atoms with van der Waals surface area (Å²) < 4.78 is 0. The van der Waals surface area contributed by atoms with Gasteiger partial charge >= 0.3 is 6.03 Å². The van der Waals surface area contributed by atoms with Crippen molar-refractivity contribution in [2.45, 2.75) is 0 Å². The molecule has 0 saturated heterocycles. The van der Waals surface area contributed by atoms with E-state index >= 15 is 0 Å². The van der Waals surface area contributed by atoms with Gasteiger partial charge in [0, 0.05) is 27.2 Å². The van der Waals surface area contributed by atoms with E-state index in [0.29, 0.717) is 23.8 Å². The zero-order valence-electron chi connectivity index (χ0n) is 9.96. The Bertz CT molecular complexity index is 395. The topological polar surface area (TPSA) is 70.4 Å². The number of rotatable bonds is 4. The zero-order chi connectivity index (χ0) is 12.8. The number of halogens is 1. The summed E-state index contributed by atoms with van der Waals surface area (Å²) in [7, 11) is 3.38.